The minimum Gasteiger partial charge on any atom is -0.383 e. The average Bonchev–Trinajstić information content (AvgIpc) is 3.33. The largest absolute Gasteiger partial charge is 0.383 e. The first kappa shape index (κ1) is 26.2. The van der Waals surface area contributed by atoms with Gasteiger partial charge in [0.1, 0.15) is 5.82 Å². The molecule has 3 fully saturated rings. The monoisotopic (exact) mass is 548 g/mol. The molecule has 3 aliphatic heterocycles. The number of carbonyl (C=O) groups excluding carboxylic acids is 2. The molecule has 9 nitrogen and oxygen atoms in total. The van der Waals surface area contributed by atoms with Crippen molar-refractivity contribution in [3.63, 3.8) is 0 Å². The molecule has 6 rings (SSSR count). The summed E-state index contributed by atoms with van der Waals surface area (Å²) < 4.78 is 6.45. The number of piperidine rings is 2. The van der Waals surface area contributed by atoms with E-state index in [-0.39, 0.29) is 12.0 Å². The van der Waals surface area contributed by atoms with Crippen molar-refractivity contribution in [2.75, 3.05) is 50.9 Å². The number of fused-ring (bicyclic) bond motifs is 1. The second kappa shape index (κ2) is 10.8. The third-order valence-corrected chi connectivity index (χ3v) is 9.64. The zero-order chi connectivity index (χ0) is 27.1. The van der Waals surface area contributed by atoms with Crippen molar-refractivity contribution in [1.82, 2.24) is 19.8 Å². The molecule has 2 amide bonds. The summed E-state index contributed by atoms with van der Waals surface area (Å²) >= 11 is 1.79. The number of likely N-dealkylation sites (tertiary alicyclic amines) is 2. The van der Waals surface area contributed by atoms with Crippen molar-refractivity contribution in [2.45, 2.75) is 50.5 Å². The lowest BCUT2D eigenvalue weighted by Gasteiger charge is -2.38. The molecule has 1 aromatic carbocycles. The van der Waals surface area contributed by atoms with Crippen LogP contribution in [0.2, 0.25) is 0 Å². The maximum atomic E-state index is 13.5. The highest BCUT2D eigenvalue weighted by molar-refractivity contribution is 7.18. The first-order valence-corrected chi connectivity index (χ1v) is 14.7. The van der Waals surface area contributed by atoms with Crippen LogP contribution in [-0.4, -0.2) is 71.5 Å². The Bertz CT molecular complexity index is 1380. The highest BCUT2D eigenvalue weighted by Gasteiger charge is 2.35. The Morgan fingerprint density at radius 2 is 1.90 bits per heavy atom. The number of hydrogen-bond donors (Lipinski definition) is 2. The molecule has 10 heteroatoms. The van der Waals surface area contributed by atoms with Crippen molar-refractivity contribution in [3.8, 4) is 0 Å². The zero-order valence-electron chi connectivity index (χ0n) is 22.6. The number of amides is 2. The smallest absolute Gasteiger partial charge is 0.313 e. The molecule has 3 saturated heterocycles. The number of nitrogen functional groups attached to an aromatic ring is 1. The Labute approximate surface area is 232 Å². The standard InChI is InChI=1S/C29H36N6O3S/c1-17-3-5-24(19-4-6-25-23(11-19)33-28(39-25)18-7-9-34(2)10-8-18)35(14-17)29(37)27(36)32-21-12-22(20-15-38-16-20)26(30)31-13-21/h4,6,11-13,17-18,20,24H,3,5,7-10,14-16H2,1-2H3,(H2,30,31)(H,32,36)/t17-,24+/m0/s1. The molecule has 5 heterocycles. The average molecular weight is 549 g/mol. The fourth-order valence-corrected chi connectivity index (χ4v) is 7.06. The van der Waals surface area contributed by atoms with Crippen LogP contribution in [0, 0.1) is 5.92 Å². The molecule has 39 heavy (non-hydrogen) atoms. The lowest BCUT2D eigenvalue weighted by atomic mass is 9.89. The molecular weight excluding hydrogens is 512 g/mol. The summed E-state index contributed by atoms with van der Waals surface area (Å²) in [5, 5.41) is 3.98. The van der Waals surface area contributed by atoms with E-state index in [0.717, 1.165) is 55.4 Å². The third kappa shape index (κ3) is 5.37. The van der Waals surface area contributed by atoms with E-state index in [1.165, 1.54) is 15.9 Å². The number of nitrogens with two attached hydrogens (primary N) is 1. The molecule has 0 bridgehead atoms. The summed E-state index contributed by atoms with van der Waals surface area (Å²) in [6, 6.07) is 8.00. The van der Waals surface area contributed by atoms with Gasteiger partial charge in [0.05, 0.1) is 46.4 Å². The first-order valence-electron chi connectivity index (χ1n) is 13.9. The van der Waals surface area contributed by atoms with Crippen molar-refractivity contribution in [2.24, 2.45) is 5.92 Å². The molecule has 3 aromatic rings. The molecule has 0 saturated carbocycles. The summed E-state index contributed by atoms with van der Waals surface area (Å²) in [5.74, 6) is 0.241. The van der Waals surface area contributed by atoms with E-state index in [0.29, 0.717) is 43.1 Å². The Kier molecular flexibility index (Phi) is 7.26. The molecule has 0 spiro atoms. The van der Waals surface area contributed by atoms with E-state index in [9.17, 15) is 9.59 Å². The minimum atomic E-state index is -0.657. The third-order valence-electron chi connectivity index (χ3n) is 8.44. The van der Waals surface area contributed by atoms with E-state index in [1.807, 2.05) is 0 Å². The number of anilines is 2. The van der Waals surface area contributed by atoms with Crippen LogP contribution >= 0.6 is 11.3 Å². The lowest BCUT2D eigenvalue weighted by molar-refractivity contribution is -0.146. The van der Waals surface area contributed by atoms with Crippen LogP contribution < -0.4 is 11.1 Å². The van der Waals surface area contributed by atoms with E-state index in [1.54, 1.807) is 22.3 Å². The van der Waals surface area contributed by atoms with Crippen LogP contribution in [0.5, 0.6) is 0 Å². The molecule has 3 aliphatic rings. The fraction of sp³-hybridized carbons (Fsp3) is 0.517. The van der Waals surface area contributed by atoms with E-state index in [4.69, 9.17) is 15.5 Å². The van der Waals surface area contributed by atoms with Crippen LogP contribution in [0.3, 0.4) is 0 Å². The molecular formula is C29H36N6O3S. The molecule has 0 aliphatic carbocycles. The summed E-state index contributed by atoms with van der Waals surface area (Å²) in [6.45, 7) is 6.04. The van der Waals surface area contributed by atoms with Crippen molar-refractivity contribution in [3.05, 3.63) is 46.6 Å². The Morgan fingerprint density at radius 1 is 1.10 bits per heavy atom. The van der Waals surface area contributed by atoms with Crippen molar-refractivity contribution >= 4 is 44.9 Å². The van der Waals surface area contributed by atoms with Gasteiger partial charge in [0.15, 0.2) is 0 Å². The molecule has 206 valence electrons. The summed E-state index contributed by atoms with van der Waals surface area (Å²) in [7, 11) is 2.17. The van der Waals surface area contributed by atoms with E-state index >= 15 is 0 Å². The quantitative estimate of drug-likeness (QED) is 0.471. The van der Waals surface area contributed by atoms with Crippen LogP contribution in [0.1, 0.15) is 66.6 Å². The zero-order valence-corrected chi connectivity index (χ0v) is 23.4. The van der Waals surface area contributed by atoms with Crippen LogP contribution in [0.15, 0.2) is 30.5 Å². The predicted molar refractivity (Wildman–Crippen MR) is 153 cm³/mol. The van der Waals surface area contributed by atoms with Gasteiger partial charge in [0.25, 0.3) is 0 Å². The number of rotatable bonds is 4. The van der Waals surface area contributed by atoms with Gasteiger partial charge in [0.2, 0.25) is 0 Å². The SMILES string of the molecule is C[C@H]1CC[C@H](c2ccc3sc(C4CCN(C)CC4)nc3c2)N(C(=O)C(=O)Nc2cnc(N)c(C3COC3)c2)C1. The van der Waals surface area contributed by atoms with Gasteiger partial charge < -0.3 is 25.6 Å². The molecule has 0 unspecified atom stereocenters. The molecule has 0 radical (unpaired) electrons. The van der Waals surface area contributed by atoms with Crippen molar-refractivity contribution < 1.29 is 14.3 Å². The van der Waals surface area contributed by atoms with E-state index in [2.05, 4.69) is 47.4 Å². The highest BCUT2D eigenvalue weighted by Crippen LogP contribution is 2.38. The second-order valence-corrected chi connectivity index (χ2v) is 12.5. The number of hydrogen-bond acceptors (Lipinski definition) is 8. The van der Waals surface area contributed by atoms with Crippen LogP contribution in [0.4, 0.5) is 11.5 Å². The number of aromatic nitrogens is 2. The van der Waals surface area contributed by atoms with Gasteiger partial charge in [-0.05, 0) is 75.5 Å². The summed E-state index contributed by atoms with van der Waals surface area (Å²) in [6.07, 6.45) is 5.59. The molecule has 2 aromatic heterocycles. The number of carbonyl (C=O) groups is 2. The minimum absolute atomic E-state index is 0.162. The summed E-state index contributed by atoms with van der Waals surface area (Å²) in [4.78, 5) is 40.0. The predicted octanol–water partition coefficient (Wildman–Crippen LogP) is 4.13. The second-order valence-electron chi connectivity index (χ2n) is 11.4. The fourth-order valence-electron chi connectivity index (χ4n) is 5.94. The van der Waals surface area contributed by atoms with Gasteiger partial charge in [-0.25, -0.2) is 9.97 Å². The Hall–Kier alpha value is -3.08. The van der Waals surface area contributed by atoms with Gasteiger partial charge >= 0.3 is 11.8 Å². The van der Waals surface area contributed by atoms with Crippen molar-refractivity contribution in [1.29, 1.82) is 0 Å². The Morgan fingerprint density at radius 3 is 2.64 bits per heavy atom. The van der Waals surface area contributed by atoms with Gasteiger partial charge in [-0.15, -0.1) is 11.3 Å². The van der Waals surface area contributed by atoms with Gasteiger partial charge in [-0.1, -0.05) is 13.0 Å². The normalized spacial score (nSPS) is 23.1. The van der Waals surface area contributed by atoms with Gasteiger partial charge in [-0.2, -0.15) is 0 Å². The number of nitrogens with zero attached hydrogens (tertiary/aromatic N) is 4. The van der Waals surface area contributed by atoms with Crippen LogP contribution in [0.25, 0.3) is 10.2 Å². The molecule has 2 atom stereocenters. The first-order chi connectivity index (χ1) is 18.9. The lowest BCUT2D eigenvalue weighted by Crippen LogP contribution is -2.46. The highest BCUT2D eigenvalue weighted by atomic mass is 32.1. The van der Waals surface area contributed by atoms with E-state index < -0.39 is 11.8 Å². The number of ether oxygens (including phenoxy) is 1. The topological polar surface area (TPSA) is 114 Å². The number of nitrogens with one attached hydrogen (secondary N) is 1. The van der Waals surface area contributed by atoms with Gasteiger partial charge in [0, 0.05) is 23.9 Å². The Balaban J connectivity index is 1.20. The molecule has 3 N–H and O–H groups in total. The maximum Gasteiger partial charge on any atom is 0.313 e. The number of pyridine rings is 1. The van der Waals surface area contributed by atoms with Crippen LogP contribution in [-0.2, 0) is 14.3 Å². The summed E-state index contributed by atoms with van der Waals surface area (Å²) in [5.41, 5.74) is 9.37. The van der Waals surface area contributed by atoms with Gasteiger partial charge in [-0.3, -0.25) is 9.59 Å². The number of thiazole rings is 1. The number of benzene rings is 1. The maximum absolute atomic E-state index is 13.5.